The van der Waals surface area contributed by atoms with Crippen LogP contribution < -0.4 is 5.32 Å². The van der Waals surface area contributed by atoms with Crippen molar-refractivity contribution in [1.29, 1.82) is 0 Å². The minimum absolute atomic E-state index is 0.0204. The Morgan fingerprint density at radius 1 is 0.962 bits per heavy atom. The van der Waals surface area contributed by atoms with Gasteiger partial charge in [-0.2, -0.15) is 0 Å². The highest BCUT2D eigenvalue weighted by Crippen LogP contribution is 2.59. The van der Waals surface area contributed by atoms with Crippen LogP contribution >= 0.6 is 22.7 Å². The number of amides is 2. The summed E-state index contributed by atoms with van der Waals surface area (Å²) >= 11 is 3.18. The van der Waals surface area contributed by atoms with Crippen LogP contribution in [0.4, 0.5) is 10.5 Å². The normalized spacial score (nSPS) is 23.5. The summed E-state index contributed by atoms with van der Waals surface area (Å²) in [6, 6.07) is 29.6. The summed E-state index contributed by atoms with van der Waals surface area (Å²) in [5.74, 6) is -0.147. The van der Waals surface area contributed by atoms with Crippen molar-refractivity contribution in [3.8, 4) is 0 Å². The molecule has 3 aliphatic carbocycles. The zero-order valence-electron chi connectivity index (χ0n) is 30.0. The van der Waals surface area contributed by atoms with Crippen molar-refractivity contribution in [2.24, 2.45) is 5.41 Å². The molecule has 5 aromatic rings. The summed E-state index contributed by atoms with van der Waals surface area (Å²) in [5.41, 5.74) is 2.60. The minimum Gasteiger partial charge on any atom is -0.393 e. The quantitative estimate of drug-likeness (QED) is 0.109. The summed E-state index contributed by atoms with van der Waals surface area (Å²) < 4.78 is 1.07. The Morgan fingerprint density at radius 2 is 1.77 bits per heavy atom. The summed E-state index contributed by atoms with van der Waals surface area (Å²) in [7, 11) is 0. The highest BCUT2D eigenvalue weighted by atomic mass is 32.1. The van der Waals surface area contributed by atoms with Crippen LogP contribution in [-0.2, 0) is 12.8 Å². The molecule has 0 radical (unpaired) electrons. The summed E-state index contributed by atoms with van der Waals surface area (Å²) in [6.07, 6.45) is 6.96. The highest BCUT2D eigenvalue weighted by Gasteiger charge is 2.57. The van der Waals surface area contributed by atoms with Crippen molar-refractivity contribution in [2.45, 2.75) is 82.8 Å². The van der Waals surface area contributed by atoms with Gasteiger partial charge in [0.05, 0.1) is 23.1 Å². The third kappa shape index (κ3) is 7.67. The average molecular weight is 733 g/mol. The molecule has 2 amide bonds. The second-order valence-electron chi connectivity index (χ2n) is 15.0. The molecule has 2 heterocycles. The number of para-hydroxylation sites is 1. The molecule has 8 heteroatoms. The second-order valence-corrected chi connectivity index (χ2v) is 17.1. The van der Waals surface area contributed by atoms with Gasteiger partial charge in [-0.15, -0.1) is 22.7 Å². The van der Waals surface area contributed by atoms with E-state index in [1.54, 1.807) is 16.2 Å². The SMILES string of the molecule is CC1=CCC[C@@]2(C)[C@@H](CC[C@@]2(O)CN(CCc2cccs2)C(=O)Nc2ccccc2)c2ccc(cc2C(=O)c2cc3ccccc3s2)C[C@@H](O)CC1. The molecule has 3 aromatic carbocycles. The van der Waals surface area contributed by atoms with Crippen LogP contribution in [0.5, 0.6) is 0 Å². The molecule has 270 valence electrons. The Balaban J connectivity index is 1.28. The van der Waals surface area contributed by atoms with E-state index in [1.807, 2.05) is 78.2 Å². The van der Waals surface area contributed by atoms with Crippen LogP contribution in [-0.4, -0.2) is 51.7 Å². The third-order valence-corrected chi connectivity index (χ3v) is 13.6. The lowest BCUT2D eigenvalue weighted by Crippen LogP contribution is -2.54. The Labute approximate surface area is 314 Å². The van der Waals surface area contributed by atoms with Gasteiger partial charge in [-0.1, -0.05) is 73.2 Å². The number of ketones is 1. The Morgan fingerprint density at radius 3 is 2.56 bits per heavy atom. The first kappa shape index (κ1) is 36.3. The van der Waals surface area contributed by atoms with Crippen LogP contribution in [0, 0.1) is 5.41 Å². The van der Waals surface area contributed by atoms with E-state index in [2.05, 4.69) is 43.4 Å². The molecule has 1 saturated carbocycles. The first-order valence-electron chi connectivity index (χ1n) is 18.5. The van der Waals surface area contributed by atoms with Crippen LogP contribution in [0.1, 0.15) is 89.5 Å². The number of nitrogens with one attached hydrogen (secondary N) is 1. The van der Waals surface area contributed by atoms with Crippen LogP contribution in [0.2, 0.25) is 0 Å². The fourth-order valence-corrected chi connectivity index (χ4v) is 10.1. The molecule has 0 unspecified atom stereocenters. The number of hydrogen-bond acceptors (Lipinski definition) is 6. The van der Waals surface area contributed by atoms with Gasteiger partial charge in [0.2, 0.25) is 5.78 Å². The number of anilines is 1. The number of allylic oxidation sites excluding steroid dienone is 2. The monoisotopic (exact) mass is 732 g/mol. The predicted molar refractivity (Wildman–Crippen MR) is 214 cm³/mol. The number of aliphatic hydroxyl groups is 2. The standard InChI is InChI=1S/C44H48N2O4S2/c1-30-10-8-22-43(2)38(20-23-44(43,50)29-46(24-21-35-14-9-25-51-35)42(49)45-33-12-4-3-5-13-33)36-19-17-31(26-34(47)18-16-30)27-37(36)41(48)40-28-32-11-6-7-15-39(32)52-40/h3-7,9-15,17,19,25,27-28,34,38,47,50H,8,16,18,20-24,26,29H2,1-2H3,(H,45,49)/t34-,38-,43-,44+/m0/s1. The van der Waals surface area contributed by atoms with Crippen LogP contribution in [0.25, 0.3) is 10.1 Å². The molecule has 3 aliphatic rings. The maximum Gasteiger partial charge on any atom is 0.321 e. The van der Waals surface area contributed by atoms with Crippen molar-refractivity contribution in [3.63, 3.8) is 0 Å². The third-order valence-electron chi connectivity index (χ3n) is 11.5. The Kier molecular flexibility index (Phi) is 10.8. The van der Waals surface area contributed by atoms with E-state index in [0.29, 0.717) is 61.2 Å². The van der Waals surface area contributed by atoms with E-state index in [1.165, 1.54) is 21.8 Å². The number of carbonyl (C=O) groups is 2. The lowest BCUT2D eigenvalue weighted by Gasteiger charge is -2.46. The lowest BCUT2D eigenvalue weighted by molar-refractivity contribution is -0.0762. The maximum atomic E-state index is 14.6. The first-order valence-corrected chi connectivity index (χ1v) is 20.2. The van der Waals surface area contributed by atoms with Gasteiger partial charge in [0.15, 0.2) is 0 Å². The summed E-state index contributed by atoms with van der Waals surface area (Å²) in [5, 5.41) is 30.2. The second kappa shape index (κ2) is 15.5. The topological polar surface area (TPSA) is 89.9 Å². The number of fused-ring (bicyclic) bond motifs is 9. The van der Waals surface area contributed by atoms with Crippen molar-refractivity contribution < 1.29 is 19.8 Å². The maximum absolute atomic E-state index is 14.6. The Hall–Kier alpha value is -4.08. The van der Waals surface area contributed by atoms with Gasteiger partial charge in [0.1, 0.15) is 0 Å². The van der Waals surface area contributed by atoms with E-state index in [4.69, 9.17) is 0 Å². The molecule has 2 aromatic heterocycles. The Bertz CT molecular complexity index is 2020. The lowest BCUT2D eigenvalue weighted by atomic mass is 9.64. The fraction of sp³-hybridized carbons (Fsp3) is 0.364. The summed E-state index contributed by atoms with van der Waals surface area (Å²) in [6.45, 7) is 4.94. The van der Waals surface area contributed by atoms with Crippen molar-refractivity contribution in [2.75, 3.05) is 18.4 Å². The molecule has 0 saturated heterocycles. The largest absolute Gasteiger partial charge is 0.393 e. The molecule has 1 fully saturated rings. The number of benzene rings is 3. The van der Waals surface area contributed by atoms with Gasteiger partial charge in [0, 0.05) is 32.8 Å². The smallest absolute Gasteiger partial charge is 0.321 e. The molecular formula is C44H48N2O4S2. The van der Waals surface area contributed by atoms with Crippen LogP contribution in [0.3, 0.4) is 0 Å². The van der Waals surface area contributed by atoms with Gasteiger partial charge >= 0.3 is 6.03 Å². The molecule has 3 N–H and O–H groups in total. The average Bonchev–Trinajstić information content (AvgIpc) is 3.88. The number of nitrogens with zero attached hydrogens (tertiary/aromatic N) is 1. The van der Waals surface area contributed by atoms with E-state index in [0.717, 1.165) is 34.1 Å². The predicted octanol–water partition coefficient (Wildman–Crippen LogP) is 10.0. The van der Waals surface area contributed by atoms with E-state index in [-0.39, 0.29) is 24.3 Å². The fourth-order valence-electron chi connectivity index (χ4n) is 8.42. The molecule has 2 bridgehead atoms. The molecule has 6 nitrogen and oxygen atoms in total. The van der Waals surface area contributed by atoms with E-state index < -0.39 is 17.1 Å². The zero-order valence-corrected chi connectivity index (χ0v) is 31.6. The molecular weight excluding hydrogens is 685 g/mol. The van der Waals surface area contributed by atoms with E-state index in [9.17, 15) is 19.8 Å². The van der Waals surface area contributed by atoms with Gasteiger partial charge in [-0.25, -0.2) is 4.79 Å². The molecule has 0 aliphatic heterocycles. The number of rotatable bonds is 8. The van der Waals surface area contributed by atoms with Crippen molar-refractivity contribution >= 4 is 50.3 Å². The van der Waals surface area contributed by atoms with Crippen LogP contribution in [0.15, 0.2) is 108 Å². The van der Waals surface area contributed by atoms with Crippen molar-refractivity contribution in [3.05, 3.63) is 134 Å². The summed E-state index contributed by atoms with van der Waals surface area (Å²) in [4.78, 5) is 32.3. The van der Waals surface area contributed by atoms with Gasteiger partial charge in [-0.3, -0.25) is 4.79 Å². The number of urea groups is 1. The number of aliphatic hydroxyl groups excluding tert-OH is 1. The number of carbonyl (C=O) groups excluding carboxylic acids is 2. The number of hydrogen-bond donors (Lipinski definition) is 3. The molecule has 8 rings (SSSR count). The first-order chi connectivity index (χ1) is 25.1. The van der Waals surface area contributed by atoms with Gasteiger partial charge in [0.25, 0.3) is 0 Å². The van der Waals surface area contributed by atoms with Gasteiger partial charge < -0.3 is 20.4 Å². The highest BCUT2D eigenvalue weighted by molar-refractivity contribution is 7.21. The molecule has 4 atom stereocenters. The van der Waals surface area contributed by atoms with Crippen molar-refractivity contribution in [1.82, 2.24) is 4.90 Å². The molecule has 52 heavy (non-hydrogen) atoms. The van der Waals surface area contributed by atoms with E-state index >= 15 is 0 Å². The zero-order chi connectivity index (χ0) is 36.3. The minimum atomic E-state index is -1.22. The van der Waals surface area contributed by atoms with Gasteiger partial charge in [-0.05, 0) is 122 Å². The number of thiophene rings is 2. The molecule has 0 spiro atoms.